The highest BCUT2D eigenvalue weighted by atomic mass is 16.2. The zero-order valence-corrected chi connectivity index (χ0v) is 10.7. The molecule has 1 saturated carbocycles. The van der Waals surface area contributed by atoms with Crippen LogP contribution in [0.1, 0.15) is 39.5 Å². The molecule has 1 heterocycles. The molecule has 2 fully saturated rings. The summed E-state index contributed by atoms with van der Waals surface area (Å²) in [4.78, 5) is 36.2. The molecule has 0 radical (unpaired) electrons. The fourth-order valence-electron chi connectivity index (χ4n) is 2.44. The van der Waals surface area contributed by atoms with E-state index in [0.717, 1.165) is 12.8 Å². The molecule has 0 aromatic carbocycles. The van der Waals surface area contributed by atoms with E-state index in [-0.39, 0.29) is 30.7 Å². The monoisotopic (exact) mass is 253 g/mol. The van der Waals surface area contributed by atoms with Crippen molar-refractivity contribution in [2.45, 2.75) is 57.2 Å². The number of imide groups is 1. The van der Waals surface area contributed by atoms with Crippen LogP contribution in [0.2, 0.25) is 0 Å². The summed E-state index contributed by atoms with van der Waals surface area (Å²) in [6, 6.07) is -0.413. The van der Waals surface area contributed by atoms with Gasteiger partial charge in [-0.25, -0.2) is 0 Å². The van der Waals surface area contributed by atoms with Crippen molar-refractivity contribution in [1.29, 1.82) is 0 Å². The van der Waals surface area contributed by atoms with Gasteiger partial charge in [0, 0.05) is 18.0 Å². The Morgan fingerprint density at radius 1 is 1.44 bits per heavy atom. The third-order valence-corrected chi connectivity index (χ3v) is 3.28. The predicted molar refractivity (Wildman–Crippen MR) is 64.3 cm³/mol. The lowest BCUT2D eigenvalue weighted by atomic mass is 9.98. The Bertz CT molecular complexity index is 401. The van der Waals surface area contributed by atoms with E-state index in [1.165, 1.54) is 4.90 Å². The molecule has 6 heteroatoms. The highest BCUT2D eigenvalue weighted by Crippen LogP contribution is 2.32. The fraction of sp³-hybridized carbons (Fsp3) is 0.750. The zero-order chi connectivity index (χ0) is 13.5. The molecule has 0 aromatic heterocycles. The number of hydrogen-bond donors (Lipinski definition) is 2. The lowest BCUT2D eigenvalue weighted by molar-refractivity contribution is -0.139. The van der Waals surface area contributed by atoms with Crippen molar-refractivity contribution in [1.82, 2.24) is 10.2 Å². The maximum atomic E-state index is 12.1. The number of primary amides is 1. The number of rotatable bonds is 5. The molecule has 1 unspecified atom stereocenters. The summed E-state index contributed by atoms with van der Waals surface area (Å²) >= 11 is 0. The molecule has 0 spiro atoms. The Kier molecular flexibility index (Phi) is 3.14. The van der Waals surface area contributed by atoms with Crippen molar-refractivity contribution in [3.63, 3.8) is 0 Å². The Hall–Kier alpha value is -1.43. The van der Waals surface area contributed by atoms with Crippen LogP contribution < -0.4 is 11.1 Å². The first-order chi connectivity index (χ1) is 8.30. The van der Waals surface area contributed by atoms with Gasteiger partial charge in [0.25, 0.3) is 0 Å². The van der Waals surface area contributed by atoms with Crippen LogP contribution >= 0.6 is 0 Å². The molecule has 1 saturated heterocycles. The molecule has 0 aromatic rings. The smallest absolute Gasteiger partial charge is 0.247 e. The summed E-state index contributed by atoms with van der Waals surface area (Å²) in [5.41, 5.74) is 4.58. The summed E-state index contributed by atoms with van der Waals surface area (Å²) in [6.45, 7) is 3.60. The van der Waals surface area contributed by atoms with Crippen LogP contribution in [0.15, 0.2) is 0 Å². The van der Waals surface area contributed by atoms with E-state index in [9.17, 15) is 14.4 Å². The Morgan fingerprint density at radius 3 is 2.56 bits per heavy atom. The number of likely N-dealkylation sites (tertiary alicyclic amines) is 1. The highest BCUT2D eigenvalue weighted by Gasteiger charge is 2.47. The molecular weight excluding hydrogens is 234 g/mol. The third-order valence-electron chi connectivity index (χ3n) is 3.28. The second-order valence-electron chi connectivity index (χ2n) is 5.76. The quantitative estimate of drug-likeness (QED) is 0.647. The van der Waals surface area contributed by atoms with Gasteiger partial charge in [0.15, 0.2) is 0 Å². The molecule has 6 nitrogen and oxygen atoms in total. The molecule has 18 heavy (non-hydrogen) atoms. The van der Waals surface area contributed by atoms with E-state index in [1.54, 1.807) is 13.8 Å². The van der Waals surface area contributed by atoms with Gasteiger partial charge in [0.2, 0.25) is 17.7 Å². The van der Waals surface area contributed by atoms with Crippen LogP contribution in [0.3, 0.4) is 0 Å². The van der Waals surface area contributed by atoms with E-state index in [2.05, 4.69) is 5.32 Å². The molecular formula is C12H19N3O3. The Morgan fingerprint density at radius 2 is 2.06 bits per heavy atom. The lowest BCUT2D eigenvalue weighted by Crippen LogP contribution is -2.51. The van der Waals surface area contributed by atoms with Crippen molar-refractivity contribution < 1.29 is 14.4 Å². The van der Waals surface area contributed by atoms with Crippen molar-refractivity contribution >= 4 is 17.7 Å². The Balaban J connectivity index is 2.00. The molecule has 1 aliphatic heterocycles. The first-order valence-corrected chi connectivity index (χ1v) is 6.22. The second kappa shape index (κ2) is 4.35. The maximum Gasteiger partial charge on any atom is 0.247 e. The summed E-state index contributed by atoms with van der Waals surface area (Å²) in [6.07, 6.45) is 2.13. The minimum absolute atomic E-state index is 0.107. The predicted octanol–water partition coefficient (Wildman–Crippen LogP) is -0.480. The molecule has 2 aliphatic rings. The van der Waals surface area contributed by atoms with Gasteiger partial charge in [0.05, 0.1) is 12.5 Å². The van der Waals surface area contributed by atoms with Gasteiger partial charge >= 0.3 is 0 Å². The zero-order valence-electron chi connectivity index (χ0n) is 10.7. The largest absolute Gasteiger partial charge is 0.370 e. The molecule has 100 valence electrons. The number of carbonyl (C=O) groups excluding carboxylic acids is 3. The van der Waals surface area contributed by atoms with Crippen LogP contribution in [-0.4, -0.2) is 40.2 Å². The fourth-order valence-corrected chi connectivity index (χ4v) is 2.44. The van der Waals surface area contributed by atoms with Gasteiger partial charge in [-0.3, -0.25) is 24.6 Å². The first kappa shape index (κ1) is 13.0. The number of nitrogens with two attached hydrogens (primary N) is 1. The summed E-state index contributed by atoms with van der Waals surface area (Å²) in [5, 5.41) is 3.07. The minimum Gasteiger partial charge on any atom is -0.370 e. The summed E-state index contributed by atoms with van der Waals surface area (Å²) < 4.78 is 0. The van der Waals surface area contributed by atoms with E-state index >= 15 is 0 Å². The molecule has 3 N–H and O–H groups in total. The topological polar surface area (TPSA) is 92.5 Å². The third kappa shape index (κ3) is 2.69. The second-order valence-corrected chi connectivity index (χ2v) is 5.76. The van der Waals surface area contributed by atoms with Crippen molar-refractivity contribution in [3.05, 3.63) is 0 Å². The number of nitrogens with one attached hydrogen (secondary N) is 1. The molecule has 3 amide bonds. The number of amides is 3. The SMILES string of the molecule is CC(C)(CC(N)=O)NC1CC(=O)N(C2CC2)C1=O. The molecule has 2 rings (SSSR count). The normalized spacial score (nSPS) is 24.8. The van der Waals surface area contributed by atoms with Gasteiger partial charge < -0.3 is 5.73 Å². The van der Waals surface area contributed by atoms with Crippen LogP contribution in [0.5, 0.6) is 0 Å². The van der Waals surface area contributed by atoms with Gasteiger partial charge in [-0.15, -0.1) is 0 Å². The van der Waals surface area contributed by atoms with Crippen LogP contribution in [0.4, 0.5) is 0 Å². The van der Waals surface area contributed by atoms with Crippen molar-refractivity contribution in [3.8, 4) is 0 Å². The van der Waals surface area contributed by atoms with Crippen LogP contribution in [0, 0.1) is 0 Å². The maximum absolute atomic E-state index is 12.1. The number of hydrogen-bond acceptors (Lipinski definition) is 4. The van der Waals surface area contributed by atoms with Gasteiger partial charge in [-0.2, -0.15) is 0 Å². The van der Waals surface area contributed by atoms with Crippen molar-refractivity contribution in [2.75, 3.05) is 0 Å². The average Bonchev–Trinajstić information content (AvgIpc) is 2.94. The van der Waals surface area contributed by atoms with E-state index < -0.39 is 17.5 Å². The number of nitrogens with zero attached hydrogens (tertiary/aromatic N) is 1. The van der Waals surface area contributed by atoms with Crippen LogP contribution in [0.25, 0.3) is 0 Å². The van der Waals surface area contributed by atoms with E-state index in [0.29, 0.717) is 0 Å². The van der Waals surface area contributed by atoms with E-state index in [4.69, 9.17) is 5.73 Å². The number of carbonyl (C=O) groups is 3. The summed E-state index contributed by atoms with van der Waals surface area (Å²) in [7, 11) is 0. The Labute approximate surface area is 106 Å². The summed E-state index contributed by atoms with van der Waals surface area (Å²) in [5.74, 6) is -0.710. The standard InChI is InChI=1S/C12H19N3O3/c1-12(2,6-9(13)16)14-8-5-10(17)15(11(8)18)7-3-4-7/h7-8,14H,3-6H2,1-2H3,(H2,13,16). The van der Waals surface area contributed by atoms with E-state index in [1.807, 2.05) is 0 Å². The lowest BCUT2D eigenvalue weighted by Gasteiger charge is -2.28. The average molecular weight is 253 g/mol. The van der Waals surface area contributed by atoms with Gasteiger partial charge in [-0.05, 0) is 26.7 Å². The molecule has 1 atom stereocenters. The van der Waals surface area contributed by atoms with Crippen LogP contribution in [-0.2, 0) is 14.4 Å². The molecule has 1 aliphatic carbocycles. The first-order valence-electron chi connectivity index (χ1n) is 6.22. The van der Waals surface area contributed by atoms with Crippen molar-refractivity contribution in [2.24, 2.45) is 5.73 Å². The van der Waals surface area contributed by atoms with Gasteiger partial charge in [-0.1, -0.05) is 0 Å². The molecule has 0 bridgehead atoms. The van der Waals surface area contributed by atoms with Gasteiger partial charge in [0.1, 0.15) is 0 Å². The highest BCUT2D eigenvalue weighted by molar-refractivity contribution is 6.06. The minimum atomic E-state index is -0.577.